The predicted molar refractivity (Wildman–Crippen MR) is 94.8 cm³/mol. The van der Waals surface area contributed by atoms with Gasteiger partial charge in [0.15, 0.2) is 5.82 Å². The van der Waals surface area contributed by atoms with E-state index >= 15 is 0 Å². The SMILES string of the molecule is C[N+]1(CCNc2nn3c4c(ccc3c2N)CCC4)CCCCC1. The van der Waals surface area contributed by atoms with Crippen LogP contribution in [0.3, 0.4) is 0 Å². The van der Waals surface area contributed by atoms with Gasteiger partial charge in [0.2, 0.25) is 0 Å². The van der Waals surface area contributed by atoms with Crippen molar-refractivity contribution in [2.75, 3.05) is 44.3 Å². The quantitative estimate of drug-likeness (QED) is 0.852. The Hall–Kier alpha value is -1.75. The Bertz CT molecular complexity index is 712. The monoisotopic (exact) mass is 314 g/mol. The summed E-state index contributed by atoms with van der Waals surface area (Å²) >= 11 is 0. The number of rotatable bonds is 4. The molecular formula is C18H28N5+. The maximum absolute atomic E-state index is 6.33. The zero-order valence-corrected chi connectivity index (χ0v) is 14.1. The second-order valence-electron chi connectivity index (χ2n) is 7.50. The van der Waals surface area contributed by atoms with E-state index in [1.807, 2.05) is 0 Å². The molecule has 2 aromatic rings. The van der Waals surface area contributed by atoms with Crippen molar-refractivity contribution in [3.05, 3.63) is 23.4 Å². The van der Waals surface area contributed by atoms with E-state index in [0.29, 0.717) is 0 Å². The van der Waals surface area contributed by atoms with Gasteiger partial charge in [0.25, 0.3) is 0 Å². The third-order valence-corrected chi connectivity index (χ3v) is 5.73. The number of pyridine rings is 1. The molecule has 1 fully saturated rings. The van der Waals surface area contributed by atoms with Crippen molar-refractivity contribution in [2.45, 2.75) is 38.5 Å². The van der Waals surface area contributed by atoms with Gasteiger partial charge in [0.1, 0.15) is 5.69 Å². The maximum Gasteiger partial charge on any atom is 0.172 e. The summed E-state index contributed by atoms with van der Waals surface area (Å²) in [5.41, 5.74) is 10.9. The number of nitrogens with two attached hydrogens (primary N) is 1. The first-order chi connectivity index (χ1) is 11.2. The Labute approximate surface area is 138 Å². The normalized spacial score (nSPS) is 19.9. The molecule has 0 unspecified atom stereocenters. The van der Waals surface area contributed by atoms with Crippen molar-refractivity contribution < 1.29 is 4.48 Å². The number of nitrogens with zero attached hydrogens (tertiary/aromatic N) is 3. The second kappa shape index (κ2) is 5.71. The minimum absolute atomic E-state index is 0.793. The van der Waals surface area contributed by atoms with E-state index in [0.717, 1.165) is 36.5 Å². The lowest BCUT2D eigenvalue weighted by molar-refractivity contribution is -0.912. The first kappa shape index (κ1) is 14.8. The standard InChI is InChI=1S/C18H28N5/c1-23(11-3-2-4-12-23)13-10-20-18-17(19)16-9-8-14-6-5-7-15(14)22(16)21-18/h8-9H,2-7,10-13,19H2,1H3,(H,20,21)/q+1. The lowest BCUT2D eigenvalue weighted by Crippen LogP contribution is -2.50. The smallest absolute Gasteiger partial charge is 0.172 e. The Morgan fingerprint density at radius 3 is 2.83 bits per heavy atom. The third-order valence-electron chi connectivity index (χ3n) is 5.73. The van der Waals surface area contributed by atoms with Crippen molar-refractivity contribution in [1.82, 2.24) is 9.61 Å². The number of piperidine rings is 1. The summed E-state index contributed by atoms with van der Waals surface area (Å²) in [4.78, 5) is 0. The summed E-state index contributed by atoms with van der Waals surface area (Å²) in [6.07, 6.45) is 7.63. The summed E-state index contributed by atoms with van der Waals surface area (Å²) < 4.78 is 3.24. The van der Waals surface area contributed by atoms with Crippen LogP contribution < -0.4 is 11.1 Å². The van der Waals surface area contributed by atoms with Gasteiger partial charge in [0, 0.05) is 5.69 Å². The van der Waals surface area contributed by atoms with Gasteiger partial charge in [-0.2, -0.15) is 0 Å². The summed E-state index contributed by atoms with van der Waals surface area (Å²) in [6.45, 7) is 4.68. The molecule has 23 heavy (non-hydrogen) atoms. The molecule has 0 aromatic carbocycles. The van der Waals surface area contributed by atoms with Gasteiger partial charge in [0.05, 0.1) is 38.7 Å². The summed E-state index contributed by atoms with van der Waals surface area (Å²) in [6, 6.07) is 4.34. The van der Waals surface area contributed by atoms with Gasteiger partial charge in [-0.15, -0.1) is 5.10 Å². The highest BCUT2D eigenvalue weighted by molar-refractivity contribution is 5.81. The fraction of sp³-hybridized carbons (Fsp3) is 0.611. The third kappa shape index (κ3) is 2.67. The molecule has 0 amide bonds. The molecule has 2 aromatic heterocycles. The number of nitrogen functional groups attached to an aromatic ring is 1. The molecule has 3 N–H and O–H groups in total. The number of quaternary nitrogens is 1. The molecule has 0 saturated carbocycles. The summed E-state index contributed by atoms with van der Waals surface area (Å²) in [5.74, 6) is 0.855. The summed E-state index contributed by atoms with van der Waals surface area (Å²) in [5, 5.41) is 8.26. The van der Waals surface area contributed by atoms with Gasteiger partial charge < -0.3 is 15.5 Å². The van der Waals surface area contributed by atoms with Crippen LogP contribution in [0.2, 0.25) is 0 Å². The average molecular weight is 314 g/mol. The van der Waals surface area contributed by atoms with Crippen molar-refractivity contribution in [2.24, 2.45) is 0 Å². The van der Waals surface area contributed by atoms with E-state index in [2.05, 4.69) is 29.0 Å². The highest BCUT2D eigenvalue weighted by atomic mass is 15.3. The number of fused-ring (bicyclic) bond motifs is 3. The number of likely N-dealkylation sites (N-methyl/N-ethyl adjacent to an activating group) is 1. The minimum atomic E-state index is 0.793. The molecule has 1 saturated heterocycles. The highest BCUT2D eigenvalue weighted by Crippen LogP contribution is 2.29. The zero-order chi connectivity index (χ0) is 15.9. The molecule has 1 aliphatic carbocycles. The number of anilines is 2. The van der Waals surface area contributed by atoms with Gasteiger partial charge in [-0.3, -0.25) is 0 Å². The second-order valence-corrected chi connectivity index (χ2v) is 7.50. The van der Waals surface area contributed by atoms with Crippen LogP contribution in [0.4, 0.5) is 11.5 Å². The molecule has 0 radical (unpaired) electrons. The van der Waals surface area contributed by atoms with Gasteiger partial charge in [-0.05, 0) is 50.2 Å². The van der Waals surface area contributed by atoms with E-state index in [4.69, 9.17) is 10.8 Å². The average Bonchev–Trinajstić information content (AvgIpc) is 3.13. The fourth-order valence-corrected chi connectivity index (χ4v) is 4.24. The van der Waals surface area contributed by atoms with Crippen molar-refractivity contribution in [3.63, 3.8) is 0 Å². The number of nitrogens with one attached hydrogen (secondary N) is 1. The van der Waals surface area contributed by atoms with E-state index in [1.54, 1.807) is 0 Å². The van der Waals surface area contributed by atoms with E-state index in [-0.39, 0.29) is 0 Å². The van der Waals surface area contributed by atoms with Crippen LogP contribution in [0, 0.1) is 0 Å². The topological polar surface area (TPSA) is 55.4 Å². The van der Waals surface area contributed by atoms with Crippen LogP contribution in [0.15, 0.2) is 12.1 Å². The number of likely N-dealkylation sites (tertiary alicyclic amines) is 1. The predicted octanol–water partition coefficient (Wildman–Crippen LogP) is 2.45. The van der Waals surface area contributed by atoms with Gasteiger partial charge in [-0.25, -0.2) is 4.52 Å². The number of hydrogen-bond donors (Lipinski definition) is 2. The van der Waals surface area contributed by atoms with E-state index in [1.165, 1.54) is 60.9 Å². The van der Waals surface area contributed by atoms with Crippen LogP contribution in [-0.4, -0.2) is 47.3 Å². The first-order valence-corrected chi connectivity index (χ1v) is 9.03. The molecule has 0 bridgehead atoms. The number of aromatic nitrogens is 2. The molecular weight excluding hydrogens is 286 g/mol. The molecule has 2 aliphatic rings. The van der Waals surface area contributed by atoms with Gasteiger partial charge in [-0.1, -0.05) is 6.07 Å². The lowest BCUT2D eigenvalue weighted by Gasteiger charge is -2.37. The molecule has 3 heterocycles. The molecule has 0 atom stereocenters. The largest absolute Gasteiger partial charge is 0.394 e. The first-order valence-electron chi connectivity index (χ1n) is 9.03. The minimum Gasteiger partial charge on any atom is -0.394 e. The van der Waals surface area contributed by atoms with Crippen LogP contribution in [0.5, 0.6) is 0 Å². The van der Waals surface area contributed by atoms with E-state index < -0.39 is 0 Å². The molecule has 5 heteroatoms. The Balaban J connectivity index is 1.50. The van der Waals surface area contributed by atoms with Crippen LogP contribution in [-0.2, 0) is 12.8 Å². The molecule has 4 rings (SSSR count). The highest BCUT2D eigenvalue weighted by Gasteiger charge is 2.24. The summed E-state index contributed by atoms with van der Waals surface area (Å²) in [7, 11) is 2.38. The van der Waals surface area contributed by atoms with Crippen LogP contribution >= 0.6 is 0 Å². The Kier molecular flexibility index (Phi) is 3.68. The van der Waals surface area contributed by atoms with Crippen LogP contribution in [0.1, 0.15) is 36.9 Å². The maximum atomic E-state index is 6.33. The molecule has 124 valence electrons. The fourth-order valence-electron chi connectivity index (χ4n) is 4.24. The Morgan fingerprint density at radius 2 is 2.00 bits per heavy atom. The lowest BCUT2D eigenvalue weighted by atomic mass is 10.1. The van der Waals surface area contributed by atoms with Crippen LogP contribution in [0.25, 0.3) is 5.52 Å². The van der Waals surface area contributed by atoms with Crippen molar-refractivity contribution in [3.8, 4) is 0 Å². The van der Waals surface area contributed by atoms with Crippen molar-refractivity contribution >= 4 is 17.0 Å². The molecule has 0 spiro atoms. The van der Waals surface area contributed by atoms with Gasteiger partial charge >= 0.3 is 0 Å². The zero-order valence-electron chi connectivity index (χ0n) is 14.1. The van der Waals surface area contributed by atoms with Crippen molar-refractivity contribution in [1.29, 1.82) is 0 Å². The number of aryl methyl sites for hydroxylation is 2. The Morgan fingerprint density at radius 1 is 1.17 bits per heavy atom. The molecule has 5 nitrogen and oxygen atoms in total. The number of hydrogen-bond acceptors (Lipinski definition) is 3. The molecule has 1 aliphatic heterocycles. The van der Waals surface area contributed by atoms with E-state index in [9.17, 15) is 0 Å².